The molecule has 1 heterocycles. The maximum Gasteiger partial charge on any atom is 0.357 e. The van der Waals surface area contributed by atoms with Gasteiger partial charge in [-0.25, -0.2) is 9.78 Å². The fourth-order valence-corrected chi connectivity index (χ4v) is 2.03. The van der Waals surface area contributed by atoms with E-state index in [0.29, 0.717) is 18.2 Å². The molecule has 102 valence electrons. The van der Waals surface area contributed by atoms with Gasteiger partial charge in [0.15, 0.2) is 0 Å². The zero-order valence-electron chi connectivity index (χ0n) is 11.2. The van der Waals surface area contributed by atoms with Crippen molar-refractivity contribution in [2.45, 2.75) is 32.8 Å². The van der Waals surface area contributed by atoms with E-state index in [1.54, 1.807) is 12.3 Å². The minimum atomic E-state index is -0.372. The van der Waals surface area contributed by atoms with E-state index in [-0.39, 0.29) is 18.0 Å². The Morgan fingerprint density at radius 1 is 1.42 bits per heavy atom. The van der Waals surface area contributed by atoms with Crippen LogP contribution in [0, 0.1) is 12.8 Å². The number of ether oxygens (including phenoxy) is 1. The van der Waals surface area contributed by atoms with Crippen LogP contribution in [0.2, 0.25) is 0 Å². The topological polar surface area (TPSA) is 68.3 Å². The molecule has 0 bridgehead atoms. The Balaban J connectivity index is 1.73. The van der Waals surface area contributed by atoms with Crippen LogP contribution in [-0.4, -0.2) is 29.5 Å². The molecule has 1 aromatic heterocycles. The summed E-state index contributed by atoms with van der Waals surface area (Å²) in [6.45, 7) is 4.08. The zero-order valence-corrected chi connectivity index (χ0v) is 11.2. The molecule has 1 saturated carbocycles. The molecule has 0 spiro atoms. The van der Waals surface area contributed by atoms with Crippen LogP contribution in [0.15, 0.2) is 18.3 Å². The number of amides is 1. The summed E-state index contributed by atoms with van der Waals surface area (Å²) in [6, 6.07) is 3.51. The molecule has 1 fully saturated rings. The molecule has 1 aliphatic carbocycles. The number of rotatable bonds is 4. The second-order valence-corrected chi connectivity index (χ2v) is 5.02. The van der Waals surface area contributed by atoms with Crippen LogP contribution in [0.1, 0.15) is 35.8 Å². The lowest BCUT2D eigenvalue weighted by Gasteiger charge is -2.34. The van der Waals surface area contributed by atoms with Gasteiger partial charge in [0, 0.05) is 19.7 Å². The zero-order chi connectivity index (χ0) is 13.8. The van der Waals surface area contributed by atoms with Crippen LogP contribution in [-0.2, 0) is 9.53 Å². The molecule has 19 heavy (non-hydrogen) atoms. The number of aromatic nitrogens is 1. The minimum Gasteiger partial charge on any atom is -0.458 e. The first-order valence-electron chi connectivity index (χ1n) is 6.42. The van der Waals surface area contributed by atoms with Crippen LogP contribution in [0.3, 0.4) is 0 Å². The maximum absolute atomic E-state index is 11.8. The lowest BCUT2D eigenvalue weighted by molar-refractivity contribution is -0.119. The highest BCUT2D eigenvalue weighted by Gasteiger charge is 2.32. The molecule has 0 radical (unpaired) electrons. The normalized spacial score (nSPS) is 21.4. The molecule has 5 heteroatoms. The molecule has 5 nitrogen and oxygen atoms in total. The molecule has 1 N–H and O–H groups in total. The Bertz CT molecular complexity index is 464. The van der Waals surface area contributed by atoms with Crippen molar-refractivity contribution in [3.8, 4) is 0 Å². The van der Waals surface area contributed by atoms with Crippen LogP contribution < -0.4 is 5.32 Å². The standard InChI is InChI=1S/C14H18N2O3/c1-9-3-4-13(16-7-9)14(18)19-12-5-11(6-12)8-15-10(2)17/h3-4,7,11-12H,5-6,8H2,1-2H3,(H,15,17). The van der Waals surface area contributed by atoms with Crippen LogP contribution in [0.4, 0.5) is 0 Å². The molecule has 0 aromatic carbocycles. The van der Waals surface area contributed by atoms with E-state index < -0.39 is 0 Å². The number of nitrogens with zero attached hydrogens (tertiary/aromatic N) is 1. The third-order valence-corrected chi connectivity index (χ3v) is 3.23. The Hall–Kier alpha value is -1.91. The summed E-state index contributed by atoms with van der Waals surface area (Å²) in [6.07, 6.45) is 3.21. The fourth-order valence-electron chi connectivity index (χ4n) is 2.03. The Morgan fingerprint density at radius 2 is 2.16 bits per heavy atom. The van der Waals surface area contributed by atoms with E-state index in [0.717, 1.165) is 18.4 Å². The van der Waals surface area contributed by atoms with E-state index in [1.165, 1.54) is 6.92 Å². The SMILES string of the molecule is CC(=O)NCC1CC(OC(=O)c2ccc(C)cn2)C1. The highest BCUT2D eigenvalue weighted by Crippen LogP contribution is 2.30. The largest absolute Gasteiger partial charge is 0.458 e. The van der Waals surface area contributed by atoms with E-state index in [1.807, 2.05) is 13.0 Å². The smallest absolute Gasteiger partial charge is 0.357 e. The highest BCUT2D eigenvalue weighted by atomic mass is 16.5. The summed E-state index contributed by atoms with van der Waals surface area (Å²) in [7, 11) is 0. The average molecular weight is 262 g/mol. The second-order valence-electron chi connectivity index (χ2n) is 5.02. The van der Waals surface area contributed by atoms with Crippen LogP contribution >= 0.6 is 0 Å². The van der Waals surface area contributed by atoms with Crippen molar-refractivity contribution in [3.63, 3.8) is 0 Å². The molecule has 0 saturated heterocycles. The third-order valence-electron chi connectivity index (χ3n) is 3.23. The number of hydrogen-bond donors (Lipinski definition) is 1. The van der Waals surface area contributed by atoms with Crippen molar-refractivity contribution < 1.29 is 14.3 Å². The summed E-state index contributed by atoms with van der Waals surface area (Å²) in [5.74, 6) is 0.0138. The lowest BCUT2D eigenvalue weighted by atomic mass is 9.82. The summed E-state index contributed by atoms with van der Waals surface area (Å²) in [4.78, 5) is 26.6. The van der Waals surface area contributed by atoms with E-state index in [2.05, 4.69) is 10.3 Å². The first-order valence-corrected chi connectivity index (χ1v) is 6.42. The van der Waals surface area contributed by atoms with E-state index in [4.69, 9.17) is 4.74 Å². The van der Waals surface area contributed by atoms with Gasteiger partial charge in [-0.1, -0.05) is 6.07 Å². The van der Waals surface area contributed by atoms with Crippen molar-refractivity contribution in [1.29, 1.82) is 0 Å². The van der Waals surface area contributed by atoms with Gasteiger partial charge in [0.1, 0.15) is 11.8 Å². The number of aryl methyl sites for hydroxylation is 1. The van der Waals surface area contributed by atoms with Gasteiger partial charge in [0.05, 0.1) is 0 Å². The molecule has 1 aromatic rings. The highest BCUT2D eigenvalue weighted by molar-refractivity contribution is 5.87. The van der Waals surface area contributed by atoms with Gasteiger partial charge < -0.3 is 10.1 Å². The minimum absolute atomic E-state index is 0.0238. The number of hydrogen-bond acceptors (Lipinski definition) is 4. The molecular weight excluding hydrogens is 244 g/mol. The quantitative estimate of drug-likeness (QED) is 0.834. The first kappa shape index (κ1) is 13.5. The lowest BCUT2D eigenvalue weighted by Crippen LogP contribution is -2.40. The van der Waals surface area contributed by atoms with Crippen molar-refractivity contribution in [3.05, 3.63) is 29.6 Å². The predicted octanol–water partition coefficient (Wildman–Crippen LogP) is 1.46. The summed E-state index contributed by atoms with van der Waals surface area (Å²) in [5, 5.41) is 2.77. The van der Waals surface area contributed by atoms with Gasteiger partial charge >= 0.3 is 5.97 Å². The Labute approximate surface area is 112 Å². The van der Waals surface area contributed by atoms with Crippen molar-refractivity contribution in [1.82, 2.24) is 10.3 Å². The van der Waals surface area contributed by atoms with E-state index >= 15 is 0 Å². The summed E-state index contributed by atoms with van der Waals surface area (Å²) in [5.41, 5.74) is 1.35. The maximum atomic E-state index is 11.8. The molecule has 1 aliphatic rings. The predicted molar refractivity (Wildman–Crippen MR) is 69.6 cm³/mol. The summed E-state index contributed by atoms with van der Waals surface area (Å²) >= 11 is 0. The van der Waals surface area contributed by atoms with Gasteiger partial charge in [-0.15, -0.1) is 0 Å². The van der Waals surface area contributed by atoms with Gasteiger partial charge in [-0.2, -0.15) is 0 Å². The number of carbonyl (C=O) groups is 2. The van der Waals surface area contributed by atoms with Gasteiger partial charge in [0.25, 0.3) is 0 Å². The van der Waals surface area contributed by atoms with Crippen molar-refractivity contribution >= 4 is 11.9 Å². The monoisotopic (exact) mass is 262 g/mol. The first-order chi connectivity index (χ1) is 9.04. The van der Waals surface area contributed by atoms with Gasteiger partial charge in [0.2, 0.25) is 5.91 Å². The molecule has 0 aliphatic heterocycles. The Kier molecular flexibility index (Phi) is 4.14. The van der Waals surface area contributed by atoms with Gasteiger partial charge in [-0.3, -0.25) is 4.79 Å². The van der Waals surface area contributed by atoms with Crippen LogP contribution in [0.25, 0.3) is 0 Å². The number of carbonyl (C=O) groups excluding carboxylic acids is 2. The average Bonchev–Trinajstić information content (AvgIpc) is 2.32. The van der Waals surface area contributed by atoms with Gasteiger partial charge in [-0.05, 0) is 37.3 Å². The fraction of sp³-hybridized carbons (Fsp3) is 0.500. The molecule has 0 unspecified atom stereocenters. The molecule has 0 atom stereocenters. The number of nitrogens with one attached hydrogen (secondary N) is 1. The number of pyridine rings is 1. The summed E-state index contributed by atoms with van der Waals surface area (Å²) < 4.78 is 5.34. The Morgan fingerprint density at radius 3 is 2.74 bits per heavy atom. The molecular formula is C14H18N2O3. The molecule has 1 amide bonds. The molecule has 2 rings (SSSR count). The third kappa shape index (κ3) is 3.77. The second kappa shape index (κ2) is 5.82. The van der Waals surface area contributed by atoms with Crippen molar-refractivity contribution in [2.75, 3.05) is 6.54 Å². The van der Waals surface area contributed by atoms with Crippen molar-refractivity contribution in [2.24, 2.45) is 5.92 Å². The van der Waals surface area contributed by atoms with E-state index in [9.17, 15) is 9.59 Å². The van der Waals surface area contributed by atoms with Crippen LogP contribution in [0.5, 0.6) is 0 Å². The number of esters is 1.